The van der Waals surface area contributed by atoms with Crippen LogP contribution in [-0.2, 0) is 0 Å². The van der Waals surface area contributed by atoms with Crippen molar-refractivity contribution in [3.63, 3.8) is 0 Å². The van der Waals surface area contributed by atoms with E-state index in [2.05, 4.69) is 38.3 Å². The average Bonchev–Trinajstić information content (AvgIpc) is 2.16. The van der Waals surface area contributed by atoms with Crippen LogP contribution in [-0.4, -0.2) is 0 Å². The van der Waals surface area contributed by atoms with Gasteiger partial charge in [0, 0.05) is 0 Å². The van der Waals surface area contributed by atoms with Gasteiger partial charge in [-0.2, -0.15) is 0 Å². The van der Waals surface area contributed by atoms with Gasteiger partial charge in [-0.1, -0.05) is 55.1 Å². The fraction of sp³-hybridized carbons (Fsp3) is 0.143. The molecule has 0 unspecified atom stereocenters. The molecule has 0 aliphatic carbocycles. The fourth-order valence-electron chi connectivity index (χ4n) is 1.11. The minimum absolute atomic E-state index is 0.980. The Morgan fingerprint density at radius 2 is 1.86 bits per heavy atom. The molecule has 0 N–H and O–H groups in total. The van der Waals surface area contributed by atoms with Crippen LogP contribution in [0.15, 0.2) is 54.6 Å². The molecule has 0 heterocycles. The summed E-state index contributed by atoms with van der Waals surface area (Å²) in [5.74, 6) is 0. The summed E-state index contributed by atoms with van der Waals surface area (Å²) < 4.78 is 0. The van der Waals surface area contributed by atoms with Crippen molar-refractivity contribution in [2.75, 3.05) is 0 Å². The molecule has 0 bridgehead atoms. The molecule has 0 aromatic heterocycles. The lowest BCUT2D eigenvalue weighted by Gasteiger charge is -2.00. The molecule has 0 atom stereocenters. The van der Waals surface area contributed by atoms with Gasteiger partial charge < -0.3 is 0 Å². The van der Waals surface area contributed by atoms with Gasteiger partial charge in [-0.25, -0.2) is 0 Å². The first-order valence-corrected chi connectivity index (χ1v) is 4.70. The quantitative estimate of drug-likeness (QED) is 0.619. The number of aryl methyl sites for hydroxylation is 1. The fourth-order valence-corrected chi connectivity index (χ4v) is 1.11. The molecule has 0 fully saturated rings. The summed E-state index contributed by atoms with van der Waals surface area (Å²) in [6, 6.07) is 8.27. The number of rotatable bonds is 3. The van der Waals surface area contributed by atoms with Crippen molar-refractivity contribution in [1.82, 2.24) is 0 Å². The molecule has 0 radical (unpaired) electrons. The highest BCUT2D eigenvalue weighted by Gasteiger charge is 1.92. The Labute approximate surface area is 86.3 Å². The van der Waals surface area contributed by atoms with Crippen LogP contribution >= 0.6 is 0 Å². The highest BCUT2D eigenvalue weighted by atomic mass is 14.0. The number of hydrogen-bond acceptors (Lipinski definition) is 0. The minimum Gasteiger partial charge on any atom is -0.0955 e. The van der Waals surface area contributed by atoms with Gasteiger partial charge in [0.15, 0.2) is 0 Å². The topological polar surface area (TPSA) is 0 Å². The summed E-state index contributed by atoms with van der Waals surface area (Å²) in [4.78, 5) is 0. The molecule has 0 aliphatic heterocycles. The van der Waals surface area contributed by atoms with E-state index in [-0.39, 0.29) is 0 Å². The summed E-state index contributed by atoms with van der Waals surface area (Å²) in [6.45, 7) is 11.8. The van der Waals surface area contributed by atoms with Crippen molar-refractivity contribution < 1.29 is 0 Å². The molecule has 1 rings (SSSR count). The van der Waals surface area contributed by atoms with Gasteiger partial charge >= 0.3 is 0 Å². The van der Waals surface area contributed by atoms with E-state index in [1.807, 2.05) is 25.1 Å². The first-order valence-electron chi connectivity index (χ1n) is 4.70. The van der Waals surface area contributed by atoms with E-state index in [1.54, 1.807) is 0 Å². The smallest absolute Gasteiger partial charge is 0.0227 e. The molecule has 0 nitrogen and oxygen atoms in total. The predicted molar refractivity (Wildman–Crippen MR) is 64.2 cm³/mol. The third-order valence-electron chi connectivity index (χ3n) is 2.20. The summed E-state index contributed by atoms with van der Waals surface area (Å²) in [7, 11) is 0. The zero-order valence-corrected chi connectivity index (χ0v) is 8.88. The number of hydrogen-bond donors (Lipinski definition) is 0. The Morgan fingerprint density at radius 3 is 2.43 bits per heavy atom. The zero-order chi connectivity index (χ0) is 10.6. The van der Waals surface area contributed by atoms with Crippen LogP contribution in [0.3, 0.4) is 0 Å². The average molecular weight is 184 g/mol. The van der Waals surface area contributed by atoms with E-state index in [0.29, 0.717) is 0 Å². The predicted octanol–water partition coefficient (Wildman–Crippen LogP) is 4.14. The van der Waals surface area contributed by atoms with Crippen LogP contribution in [0, 0.1) is 6.92 Å². The largest absolute Gasteiger partial charge is 0.0955 e. The molecule has 0 amide bonds. The van der Waals surface area contributed by atoms with E-state index >= 15 is 0 Å². The highest BCUT2D eigenvalue weighted by Crippen LogP contribution is 2.12. The molecular formula is C14H16. The van der Waals surface area contributed by atoms with Crippen LogP contribution in [0.5, 0.6) is 0 Å². The molecule has 14 heavy (non-hydrogen) atoms. The Bertz CT molecular complexity index is 381. The van der Waals surface area contributed by atoms with Crippen LogP contribution in [0.1, 0.15) is 18.1 Å². The number of benzene rings is 1. The van der Waals surface area contributed by atoms with Crippen molar-refractivity contribution in [3.05, 3.63) is 65.8 Å². The molecule has 1 aromatic carbocycles. The third kappa shape index (κ3) is 2.74. The molecule has 0 aliphatic rings. The Morgan fingerprint density at radius 1 is 1.21 bits per heavy atom. The standard InChI is InChI=1S/C14H16/c1-11(2)12(3)9-10-14-8-6-5-7-13(14)4/h5-10H,1,3H2,2,4H3/b10-9-. The minimum atomic E-state index is 0.980. The van der Waals surface area contributed by atoms with Crippen molar-refractivity contribution in [2.24, 2.45) is 0 Å². The van der Waals surface area contributed by atoms with Gasteiger partial charge in [-0.15, -0.1) is 0 Å². The molecular weight excluding hydrogens is 168 g/mol. The molecule has 72 valence electrons. The van der Waals surface area contributed by atoms with E-state index in [9.17, 15) is 0 Å². The highest BCUT2D eigenvalue weighted by molar-refractivity contribution is 5.58. The Balaban J connectivity index is 2.84. The van der Waals surface area contributed by atoms with Gasteiger partial charge in [-0.05, 0) is 30.5 Å². The Kier molecular flexibility index (Phi) is 3.47. The summed E-state index contributed by atoms with van der Waals surface area (Å²) in [5.41, 5.74) is 4.50. The van der Waals surface area contributed by atoms with Gasteiger partial charge in [0.05, 0.1) is 0 Å². The summed E-state index contributed by atoms with van der Waals surface area (Å²) >= 11 is 0. The molecule has 1 aromatic rings. The lowest BCUT2D eigenvalue weighted by atomic mass is 10.1. The molecule has 0 saturated heterocycles. The zero-order valence-electron chi connectivity index (χ0n) is 8.88. The number of allylic oxidation sites excluding steroid dienone is 3. The van der Waals surface area contributed by atoms with Crippen molar-refractivity contribution in [1.29, 1.82) is 0 Å². The van der Waals surface area contributed by atoms with Crippen molar-refractivity contribution >= 4 is 6.08 Å². The van der Waals surface area contributed by atoms with Crippen molar-refractivity contribution in [3.8, 4) is 0 Å². The third-order valence-corrected chi connectivity index (χ3v) is 2.20. The molecule has 0 saturated carbocycles. The maximum absolute atomic E-state index is 3.91. The normalized spacial score (nSPS) is 10.4. The van der Waals surface area contributed by atoms with E-state index < -0.39 is 0 Å². The van der Waals surface area contributed by atoms with Crippen molar-refractivity contribution in [2.45, 2.75) is 13.8 Å². The SMILES string of the molecule is C=C(C)C(=C)/C=C\c1ccccc1C. The van der Waals surface area contributed by atoms with Crippen LogP contribution < -0.4 is 0 Å². The lowest BCUT2D eigenvalue weighted by molar-refractivity contribution is 1.43. The maximum Gasteiger partial charge on any atom is -0.0227 e. The molecule has 0 spiro atoms. The van der Waals surface area contributed by atoms with E-state index in [1.165, 1.54) is 11.1 Å². The van der Waals surface area contributed by atoms with Crippen LogP contribution in [0.25, 0.3) is 6.08 Å². The maximum atomic E-state index is 3.91. The van der Waals surface area contributed by atoms with Crippen LogP contribution in [0.4, 0.5) is 0 Å². The molecule has 0 heteroatoms. The first kappa shape index (κ1) is 10.5. The van der Waals surface area contributed by atoms with E-state index in [4.69, 9.17) is 0 Å². The second-order valence-electron chi connectivity index (χ2n) is 3.50. The summed E-state index contributed by atoms with van der Waals surface area (Å²) in [6.07, 6.45) is 4.08. The van der Waals surface area contributed by atoms with Crippen LogP contribution in [0.2, 0.25) is 0 Å². The van der Waals surface area contributed by atoms with Gasteiger partial charge in [0.25, 0.3) is 0 Å². The second-order valence-corrected chi connectivity index (χ2v) is 3.50. The lowest BCUT2D eigenvalue weighted by Crippen LogP contribution is -1.79. The van der Waals surface area contributed by atoms with Gasteiger partial charge in [0.2, 0.25) is 0 Å². The summed E-state index contributed by atoms with van der Waals surface area (Å²) in [5, 5.41) is 0. The van der Waals surface area contributed by atoms with E-state index in [0.717, 1.165) is 11.1 Å². The second kappa shape index (κ2) is 4.61. The Hall–Kier alpha value is -1.56. The van der Waals surface area contributed by atoms with Gasteiger partial charge in [0.1, 0.15) is 0 Å². The monoisotopic (exact) mass is 184 g/mol. The van der Waals surface area contributed by atoms with Gasteiger partial charge in [-0.3, -0.25) is 0 Å². The first-order chi connectivity index (χ1) is 6.61.